The van der Waals surface area contributed by atoms with Gasteiger partial charge in [-0.15, -0.1) is 0 Å². The first-order valence-corrected chi connectivity index (χ1v) is 11.6. The van der Waals surface area contributed by atoms with Crippen LogP contribution in [0.5, 0.6) is 11.5 Å². The average Bonchev–Trinajstić information content (AvgIpc) is 2.84. The summed E-state index contributed by atoms with van der Waals surface area (Å²) in [6.45, 7) is 2.26. The lowest BCUT2D eigenvalue weighted by molar-refractivity contribution is -0.187. The predicted octanol–water partition coefficient (Wildman–Crippen LogP) is 8.52. The van der Waals surface area contributed by atoms with Gasteiger partial charge in [0.25, 0.3) is 0 Å². The van der Waals surface area contributed by atoms with E-state index in [1.165, 1.54) is 0 Å². The second-order valence-corrected chi connectivity index (χ2v) is 9.19. The minimum atomic E-state index is -4.41. The molecule has 3 aromatic carbocycles. The molecule has 0 atom stereocenters. The third kappa shape index (κ3) is 5.83. The zero-order chi connectivity index (χ0) is 26.9. The van der Waals surface area contributed by atoms with Gasteiger partial charge in [0.15, 0.2) is 29.0 Å². The summed E-state index contributed by atoms with van der Waals surface area (Å²) < 4.78 is 123. The van der Waals surface area contributed by atoms with Crippen molar-refractivity contribution in [3.8, 4) is 22.6 Å². The molecule has 198 valence electrons. The zero-order valence-electron chi connectivity index (χ0n) is 19.6. The molecule has 1 saturated carbocycles. The number of rotatable bonds is 7. The SMILES string of the molecule is CC1CCC(COc2ccc(C(F)(F)Oc3ccc(-c4cc(F)c(F)c(F)c4)c(F)c3)c(F)c2F)CC1. The van der Waals surface area contributed by atoms with Gasteiger partial charge in [-0.25, -0.2) is 22.0 Å². The molecular weight excluding hydrogens is 508 g/mol. The lowest BCUT2D eigenvalue weighted by Gasteiger charge is -2.26. The molecule has 0 radical (unpaired) electrons. The summed E-state index contributed by atoms with van der Waals surface area (Å²) in [6.07, 6.45) is -0.685. The predicted molar refractivity (Wildman–Crippen MR) is 119 cm³/mol. The van der Waals surface area contributed by atoms with Crippen LogP contribution in [0.2, 0.25) is 0 Å². The van der Waals surface area contributed by atoms with Crippen LogP contribution in [0.4, 0.5) is 35.1 Å². The maximum Gasteiger partial charge on any atom is 0.429 e. The van der Waals surface area contributed by atoms with Gasteiger partial charge in [-0.3, -0.25) is 0 Å². The number of benzene rings is 3. The fourth-order valence-corrected chi connectivity index (χ4v) is 4.28. The van der Waals surface area contributed by atoms with Crippen LogP contribution in [0.25, 0.3) is 11.1 Å². The maximum atomic E-state index is 14.7. The molecule has 2 nitrogen and oxygen atoms in total. The lowest BCUT2D eigenvalue weighted by Crippen LogP contribution is -2.24. The molecule has 10 heteroatoms. The first-order chi connectivity index (χ1) is 17.5. The van der Waals surface area contributed by atoms with Crippen LogP contribution >= 0.6 is 0 Å². The monoisotopic (exact) mass is 530 g/mol. The van der Waals surface area contributed by atoms with Crippen LogP contribution in [0, 0.1) is 46.7 Å². The van der Waals surface area contributed by atoms with Crippen molar-refractivity contribution >= 4 is 0 Å². The number of ether oxygens (including phenoxy) is 2. The van der Waals surface area contributed by atoms with Gasteiger partial charge in [0, 0.05) is 11.6 Å². The summed E-state index contributed by atoms with van der Waals surface area (Å²) in [5, 5.41) is 0. The van der Waals surface area contributed by atoms with E-state index in [1.807, 2.05) is 0 Å². The number of alkyl halides is 2. The largest absolute Gasteiger partial charge is 0.490 e. The summed E-state index contributed by atoms with van der Waals surface area (Å²) >= 11 is 0. The van der Waals surface area contributed by atoms with Gasteiger partial charge in [-0.1, -0.05) is 19.8 Å². The topological polar surface area (TPSA) is 18.5 Å². The summed E-state index contributed by atoms with van der Waals surface area (Å²) in [5.74, 6) is -10.1. The van der Waals surface area contributed by atoms with Crippen LogP contribution in [0.15, 0.2) is 42.5 Å². The molecule has 0 heterocycles. The molecule has 0 amide bonds. The number of halogens is 8. The van der Waals surface area contributed by atoms with E-state index in [4.69, 9.17) is 4.74 Å². The van der Waals surface area contributed by atoms with Gasteiger partial charge in [0.2, 0.25) is 5.82 Å². The molecule has 0 spiro atoms. The van der Waals surface area contributed by atoms with E-state index < -0.39 is 69.2 Å². The Bertz CT molecular complexity index is 1260. The Morgan fingerprint density at radius 2 is 1.41 bits per heavy atom. The standard InChI is InChI=1S/C27H22F8O2/c1-14-2-4-15(5-3-14)13-36-23-9-8-19(24(31)26(23)33)27(34,35)37-17-6-7-18(20(28)12-17)16-10-21(29)25(32)22(30)11-16/h6-12,14-15H,2-5,13H2,1H3. The molecule has 0 aromatic heterocycles. The van der Waals surface area contributed by atoms with E-state index in [2.05, 4.69) is 11.7 Å². The van der Waals surface area contributed by atoms with Gasteiger partial charge < -0.3 is 9.47 Å². The fourth-order valence-electron chi connectivity index (χ4n) is 4.28. The highest BCUT2D eigenvalue weighted by Gasteiger charge is 2.40. The van der Waals surface area contributed by atoms with Crippen molar-refractivity contribution < 1.29 is 44.6 Å². The molecule has 0 saturated heterocycles. The van der Waals surface area contributed by atoms with Crippen LogP contribution in [-0.2, 0) is 6.11 Å². The van der Waals surface area contributed by atoms with E-state index in [-0.39, 0.29) is 12.5 Å². The number of hydrogen-bond donors (Lipinski definition) is 0. The Morgan fingerprint density at radius 1 is 0.757 bits per heavy atom. The molecule has 0 N–H and O–H groups in total. The first-order valence-electron chi connectivity index (χ1n) is 11.6. The van der Waals surface area contributed by atoms with E-state index in [0.717, 1.165) is 43.9 Å². The van der Waals surface area contributed by atoms with Gasteiger partial charge >= 0.3 is 6.11 Å². The molecule has 0 aliphatic heterocycles. The Balaban J connectivity index is 1.50. The van der Waals surface area contributed by atoms with Gasteiger partial charge in [0.05, 0.1) is 6.61 Å². The molecule has 1 aliphatic rings. The Hall–Kier alpha value is -3.30. The van der Waals surface area contributed by atoms with Crippen LogP contribution in [0.3, 0.4) is 0 Å². The minimum absolute atomic E-state index is 0.128. The van der Waals surface area contributed by atoms with Crippen LogP contribution < -0.4 is 9.47 Å². The highest BCUT2D eigenvalue weighted by Crippen LogP contribution is 2.38. The van der Waals surface area contributed by atoms with Gasteiger partial charge in [0.1, 0.15) is 17.1 Å². The summed E-state index contributed by atoms with van der Waals surface area (Å²) in [5.41, 5.74) is -2.26. The molecule has 1 fully saturated rings. The summed E-state index contributed by atoms with van der Waals surface area (Å²) in [7, 11) is 0. The van der Waals surface area contributed by atoms with Crippen molar-refractivity contribution in [3.05, 3.63) is 82.9 Å². The molecule has 4 rings (SSSR count). The lowest BCUT2D eigenvalue weighted by atomic mass is 9.83. The number of hydrogen-bond acceptors (Lipinski definition) is 2. The summed E-state index contributed by atoms with van der Waals surface area (Å²) in [6, 6.07) is 4.72. The van der Waals surface area contributed by atoms with Crippen molar-refractivity contribution in [2.75, 3.05) is 6.61 Å². The van der Waals surface area contributed by atoms with Crippen molar-refractivity contribution in [1.82, 2.24) is 0 Å². The maximum absolute atomic E-state index is 14.7. The molecule has 0 bridgehead atoms. The normalized spacial score (nSPS) is 18.1. The minimum Gasteiger partial charge on any atom is -0.490 e. The third-order valence-corrected chi connectivity index (χ3v) is 6.45. The first kappa shape index (κ1) is 26.8. The Labute approximate surface area is 207 Å². The molecule has 37 heavy (non-hydrogen) atoms. The second kappa shape index (κ2) is 10.6. The second-order valence-electron chi connectivity index (χ2n) is 9.19. The Kier molecular flexibility index (Phi) is 7.66. The highest BCUT2D eigenvalue weighted by molar-refractivity contribution is 5.65. The quantitative estimate of drug-likeness (QED) is 0.225. The van der Waals surface area contributed by atoms with E-state index in [9.17, 15) is 35.1 Å². The molecule has 0 unspecified atom stereocenters. The van der Waals surface area contributed by atoms with Gasteiger partial charge in [-0.2, -0.15) is 13.2 Å². The van der Waals surface area contributed by atoms with Crippen LogP contribution in [0.1, 0.15) is 38.2 Å². The van der Waals surface area contributed by atoms with E-state index in [1.54, 1.807) is 0 Å². The van der Waals surface area contributed by atoms with E-state index >= 15 is 0 Å². The van der Waals surface area contributed by atoms with Crippen molar-refractivity contribution in [2.45, 2.75) is 38.7 Å². The molecular formula is C27H22F8O2. The van der Waals surface area contributed by atoms with Crippen molar-refractivity contribution in [2.24, 2.45) is 11.8 Å². The van der Waals surface area contributed by atoms with Crippen LogP contribution in [-0.4, -0.2) is 6.61 Å². The van der Waals surface area contributed by atoms with Gasteiger partial charge in [-0.05, 0) is 66.6 Å². The average molecular weight is 530 g/mol. The molecule has 1 aliphatic carbocycles. The zero-order valence-corrected chi connectivity index (χ0v) is 19.6. The Morgan fingerprint density at radius 3 is 2.03 bits per heavy atom. The molecule has 3 aromatic rings. The smallest absolute Gasteiger partial charge is 0.429 e. The van der Waals surface area contributed by atoms with Crippen molar-refractivity contribution in [1.29, 1.82) is 0 Å². The fraction of sp³-hybridized carbons (Fsp3) is 0.333. The van der Waals surface area contributed by atoms with Crippen molar-refractivity contribution in [3.63, 3.8) is 0 Å². The summed E-state index contributed by atoms with van der Waals surface area (Å²) in [4.78, 5) is 0. The third-order valence-electron chi connectivity index (χ3n) is 6.45. The highest BCUT2D eigenvalue weighted by atomic mass is 19.3. The van der Waals surface area contributed by atoms with E-state index in [0.29, 0.717) is 30.2 Å².